The van der Waals surface area contributed by atoms with E-state index >= 15 is 0 Å². The molecule has 8 nitrogen and oxygen atoms in total. The first kappa shape index (κ1) is 22.4. The van der Waals surface area contributed by atoms with Crippen LogP contribution in [0.2, 0.25) is 5.02 Å². The van der Waals surface area contributed by atoms with E-state index in [1.54, 1.807) is 18.2 Å². The number of amides is 2. The molecule has 36 heavy (non-hydrogen) atoms. The van der Waals surface area contributed by atoms with Crippen molar-refractivity contribution in [3.05, 3.63) is 70.6 Å². The number of hydrogen-bond acceptors (Lipinski definition) is 5. The van der Waals surface area contributed by atoms with Gasteiger partial charge in [-0.2, -0.15) is 18.3 Å². The normalized spacial score (nSPS) is 14.7. The maximum absolute atomic E-state index is 14.3. The second-order valence-corrected chi connectivity index (χ2v) is 8.86. The molecule has 2 aliphatic rings. The summed E-state index contributed by atoms with van der Waals surface area (Å²) in [6, 6.07) is 9.17. The molecular formula is C24H16ClF3N6O2. The third kappa shape index (κ3) is 3.46. The van der Waals surface area contributed by atoms with E-state index in [-0.39, 0.29) is 22.3 Å². The highest BCUT2D eigenvalue weighted by molar-refractivity contribution is 6.33. The van der Waals surface area contributed by atoms with Gasteiger partial charge in [0.05, 0.1) is 34.4 Å². The predicted octanol–water partition coefficient (Wildman–Crippen LogP) is 5.12. The largest absolute Gasteiger partial charge is 0.434 e. The van der Waals surface area contributed by atoms with E-state index in [0.29, 0.717) is 32.5 Å². The first-order valence-corrected chi connectivity index (χ1v) is 11.3. The van der Waals surface area contributed by atoms with Crippen molar-refractivity contribution < 1.29 is 22.8 Å². The zero-order valence-corrected chi connectivity index (χ0v) is 19.1. The third-order valence-corrected chi connectivity index (χ3v) is 6.53. The summed E-state index contributed by atoms with van der Waals surface area (Å²) in [6.07, 6.45) is -1.67. The summed E-state index contributed by atoms with van der Waals surface area (Å²) in [7, 11) is 0. The smallest absolute Gasteiger partial charge is 0.355 e. The minimum Gasteiger partial charge on any atom is -0.355 e. The van der Waals surface area contributed by atoms with E-state index in [4.69, 9.17) is 11.6 Å². The molecule has 1 saturated heterocycles. The number of nitrogens with zero attached hydrogens (tertiary/aromatic N) is 4. The predicted molar refractivity (Wildman–Crippen MR) is 128 cm³/mol. The minimum atomic E-state index is -4.91. The van der Waals surface area contributed by atoms with E-state index in [0.717, 1.165) is 25.7 Å². The highest BCUT2D eigenvalue weighted by Gasteiger charge is 2.41. The molecule has 1 fully saturated rings. The van der Waals surface area contributed by atoms with Gasteiger partial charge in [-0.15, -0.1) is 0 Å². The van der Waals surface area contributed by atoms with Crippen molar-refractivity contribution >= 4 is 51.4 Å². The summed E-state index contributed by atoms with van der Waals surface area (Å²) in [4.78, 5) is 31.3. The summed E-state index contributed by atoms with van der Waals surface area (Å²) in [5, 5.41) is 10.2. The summed E-state index contributed by atoms with van der Waals surface area (Å²) >= 11 is 6.27. The lowest BCUT2D eigenvalue weighted by Crippen LogP contribution is -2.37. The minimum absolute atomic E-state index is 0.0853. The SMILES string of the molecule is O=C(Nc1cnc(N2CCC2)c(Cl)c1)c1cnn(-c2ccc3c4c(cccc24)C(=O)N3)c1C(F)(F)F. The Morgan fingerprint density at radius 2 is 1.94 bits per heavy atom. The molecule has 6 rings (SSSR count). The number of alkyl halides is 3. The Labute approximate surface area is 206 Å². The van der Waals surface area contributed by atoms with E-state index < -0.39 is 23.3 Å². The van der Waals surface area contributed by atoms with Gasteiger partial charge in [0.25, 0.3) is 11.8 Å². The van der Waals surface area contributed by atoms with Gasteiger partial charge in [0.1, 0.15) is 5.82 Å². The van der Waals surface area contributed by atoms with Crippen LogP contribution in [0, 0.1) is 0 Å². The van der Waals surface area contributed by atoms with Crippen LogP contribution in [0.5, 0.6) is 0 Å². The van der Waals surface area contributed by atoms with E-state index in [1.165, 1.54) is 24.4 Å². The summed E-state index contributed by atoms with van der Waals surface area (Å²) in [5.41, 5.74) is -0.808. The molecule has 2 amide bonds. The van der Waals surface area contributed by atoms with Gasteiger partial charge in [-0.25, -0.2) is 9.67 Å². The van der Waals surface area contributed by atoms with E-state index in [9.17, 15) is 22.8 Å². The Bertz CT molecular complexity index is 1580. The van der Waals surface area contributed by atoms with Gasteiger partial charge in [-0.3, -0.25) is 9.59 Å². The van der Waals surface area contributed by atoms with Crippen LogP contribution in [0.1, 0.15) is 32.8 Å². The van der Waals surface area contributed by atoms with Gasteiger partial charge >= 0.3 is 6.18 Å². The fourth-order valence-electron chi connectivity index (χ4n) is 4.49. The first-order valence-electron chi connectivity index (χ1n) is 11.0. The number of halogens is 4. The van der Waals surface area contributed by atoms with Crippen molar-refractivity contribution in [2.24, 2.45) is 0 Å². The second-order valence-electron chi connectivity index (χ2n) is 8.46. The van der Waals surface area contributed by atoms with Gasteiger partial charge in [-0.1, -0.05) is 23.7 Å². The van der Waals surface area contributed by atoms with Crippen LogP contribution in [-0.4, -0.2) is 39.7 Å². The standard InChI is InChI=1S/C24H16ClF3N6O2/c25-16-9-12(10-29-21(16)33-7-2-8-33)31-23(36)15-11-30-34(20(15)24(26,27)28)18-6-5-17-19-13(18)3-1-4-14(19)22(35)32-17/h1,3-6,9-11H,2,7-8H2,(H,31,36)(H,32,35). The van der Waals surface area contributed by atoms with Gasteiger partial charge < -0.3 is 15.5 Å². The monoisotopic (exact) mass is 512 g/mol. The lowest BCUT2D eigenvalue weighted by atomic mass is 10.0. The van der Waals surface area contributed by atoms with Crippen LogP contribution in [0.3, 0.4) is 0 Å². The maximum atomic E-state index is 14.3. The molecule has 0 atom stereocenters. The molecule has 0 saturated carbocycles. The van der Waals surface area contributed by atoms with Crippen LogP contribution in [0.4, 0.5) is 30.4 Å². The van der Waals surface area contributed by atoms with Crippen LogP contribution >= 0.6 is 11.6 Å². The van der Waals surface area contributed by atoms with Crippen molar-refractivity contribution in [2.45, 2.75) is 12.6 Å². The molecule has 4 aromatic rings. The molecule has 2 aromatic heterocycles. The van der Waals surface area contributed by atoms with Crippen LogP contribution in [0.15, 0.2) is 48.8 Å². The van der Waals surface area contributed by atoms with Crippen LogP contribution in [0.25, 0.3) is 16.5 Å². The fraction of sp³-hybridized carbons (Fsp3) is 0.167. The van der Waals surface area contributed by atoms with Crippen molar-refractivity contribution in [1.29, 1.82) is 0 Å². The number of nitrogens with one attached hydrogen (secondary N) is 2. The molecule has 2 aliphatic heterocycles. The Morgan fingerprint density at radius 1 is 1.14 bits per heavy atom. The Kier molecular flexibility index (Phi) is 4.94. The maximum Gasteiger partial charge on any atom is 0.434 e. The zero-order valence-electron chi connectivity index (χ0n) is 18.4. The van der Waals surface area contributed by atoms with Gasteiger partial charge in [0.15, 0.2) is 5.69 Å². The molecular weight excluding hydrogens is 497 g/mol. The number of pyridine rings is 1. The lowest BCUT2D eigenvalue weighted by Gasteiger charge is -2.32. The summed E-state index contributed by atoms with van der Waals surface area (Å²) in [6.45, 7) is 1.63. The van der Waals surface area contributed by atoms with E-state index in [1.807, 2.05) is 4.90 Å². The number of rotatable bonds is 4. The number of benzene rings is 2. The molecule has 0 bridgehead atoms. The Morgan fingerprint density at radius 3 is 2.64 bits per heavy atom. The second kappa shape index (κ2) is 7.95. The number of carbonyl (C=O) groups excluding carboxylic acids is 2. The van der Waals surface area contributed by atoms with E-state index in [2.05, 4.69) is 20.7 Å². The average molecular weight is 513 g/mol. The summed E-state index contributed by atoms with van der Waals surface area (Å²) < 4.78 is 43.5. The Hall–Kier alpha value is -4.12. The molecule has 182 valence electrons. The molecule has 0 aliphatic carbocycles. The Balaban J connectivity index is 1.40. The van der Waals surface area contributed by atoms with Gasteiger partial charge in [0, 0.05) is 35.1 Å². The lowest BCUT2D eigenvalue weighted by molar-refractivity contribution is -0.143. The number of aromatic nitrogens is 3. The highest BCUT2D eigenvalue weighted by atomic mass is 35.5. The fourth-order valence-corrected chi connectivity index (χ4v) is 4.77. The number of anilines is 3. The van der Waals surface area contributed by atoms with Crippen LogP contribution in [-0.2, 0) is 6.18 Å². The topological polar surface area (TPSA) is 92.2 Å². The molecule has 2 aromatic carbocycles. The highest BCUT2D eigenvalue weighted by Crippen LogP contribution is 2.40. The molecule has 0 radical (unpaired) electrons. The van der Waals surface area contributed by atoms with Gasteiger partial charge in [0.2, 0.25) is 0 Å². The average Bonchev–Trinajstić information content (AvgIpc) is 3.38. The van der Waals surface area contributed by atoms with Crippen molar-refractivity contribution in [3.63, 3.8) is 0 Å². The molecule has 4 heterocycles. The van der Waals surface area contributed by atoms with Crippen molar-refractivity contribution in [2.75, 3.05) is 28.6 Å². The van der Waals surface area contributed by atoms with Crippen molar-refractivity contribution in [3.8, 4) is 5.69 Å². The molecule has 2 N–H and O–H groups in total. The summed E-state index contributed by atoms with van der Waals surface area (Å²) in [5.74, 6) is -0.785. The number of carbonyl (C=O) groups is 2. The quantitative estimate of drug-likeness (QED) is 0.396. The zero-order chi connectivity index (χ0) is 25.2. The number of hydrogen-bond donors (Lipinski definition) is 2. The third-order valence-electron chi connectivity index (χ3n) is 6.26. The molecule has 12 heteroatoms. The first-order chi connectivity index (χ1) is 17.2. The molecule has 0 unspecified atom stereocenters. The van der Waals surface area contributed by atoms with Crippen molar-refractivity contribution in [1.82, 2.24) is 14.8 Å². The van der Waals surface area contributed by atoms with Crippen LogP contribution < -0.4 is 15.5 Å². The van der Waals surface area contributed by atoms with Gasteiger partial charge in [-0.05, 0) is 30.7 Å². The molecule has 0 spiro atoms.